The molecule has 1 aliphatic heterocycles. The standard InChI is InChI=1S/C11H19NO4S/c1-2-17-7-5-8(11(14)15)12-10(13)9-4-3-6-16-9/h8-9H,2-7H2,1H3,(H,12,13)(H,14,15). The molecule has 0 aliphatic carbocycles. The number of carbonyl (C=O) groups is 2. The predicted molar refractivity (Wildman–Crippen MR) is 66.2 cm³/mol. The van der Waals surface area contributed by atoms with E-state index < -0.39 is 18.1 Å². The van der Waals surface area contributed by atoms with Crippen LogP contribution in [0.4, 0.5) is 0 Å². The molecule has 17 heavy (non-hydrogen) atoms. The molecule has 1 aliphatic rings. The molecule has 1 rings (SSSR count). The molecule has 2 N–H and O–H groups in total. The van der Waals surface area contributed by atoms with Crippen molar-refractivity contribution in [1.29, 1.82) is 0 Å². The number of carbonyl (C=O) groups excluding carboxylic acids is 1. The Labute approximate surface area is 105 Å². The van der Waals surface area contributed by atoms with E-state index in [4.69, 9.17) is 9.84 Å². The van der Waals surface area contributed by atoms with E-state index in [9.17, 15) is 9.59 Å². The van der Waals surface area contributed by atoms with E-state index in [0.29, 0.717) is 19.4 Å². The number of thioether (sulfide) groups is 1. The second kappa shape index (κ2) is 7.55. The van der Waals surface area contributed by atoms with Crippen LogP contribution in [0.2, 0.25) is 0 Å². The van der Waals surface area contributed by atoms with Gasteiger partial charge in [-0.15, -0.1) is 0 Å². The lowest BCUT2D eigenvalue weighted by atomic mass is 10.2. The van der Waals surface area contributed by atoms with E-state index in [2.05, 4.69) is 5.32 Å². The number of carboxylic acids is 1. The molecule has 98 valence electrons. The zero-order valence-electron chi connectivity index (χ0n) is 9.98. The van der Waals surface area contributed by atoms with Crippen molar-refractivity contribution in [3.63, 3.8) is 0 Å². The molecule has 1 fully saturated rings. The van der Waals surface area contributed by atoms with Gasteiger partial charge in [0.05, 0.1) is 0 Å². The van der Waals surface area contributed by atoms with E-state index in [1.807, 2.05) is 6.92 Å². The molecule has 1 heterocycles. The van der Waals surface area contributed by atoms with Crippen LogP contribution in [-0.4, -0.2) is 47.2 Å². The van der Waals surface area contributed by atoms with Crippen LogP contribution in [0.1, 0.15) is 26.2 Å². The van der Waals surface area contributed by atoms with Crippen molar-refractivity contribution in [3.05, 3.63) is 0 Å². The summed E-state index contributed by atoms with van der Waals surface area (Å²) < 4.78 is 5.21. The van der Waals surface area contributed by atoms with E-state index in [1.54, 1.807) is 11.8 Å². The van der Waals surface area contributed by atoms with Gasteiger partial charge in [0.25, 0.3) is 0 Å². The van der Waals surface area contributed by atoms with Crippen LogP contribution in [0.5, 0.6) is 0 Å². The first kappa shape index (κ1) is 14.3. The summed E-state index contributed by atoms with van der Waals surface area (Å²) in [5.74, 6) is 0.412. The van der Waals surface area contributed by atoms with E-state index in [1.165, 1.54) is 0 Å². The second-order valence-electron chi connectivity index (χ2n) is 3.89. The van der Waals surface area contributed by atoms with Gasteiger partial charge in [0.1, 0.15) is 12.1 Å². The third kappa shape index (κ3) is 4.95. The molecule has 2 unspecified atom stereocenters. The molecule has 0 saturated carbocycles. The van der Waals surface area contributed by atoms with Crippen molar-refractivity contribution in [1.82, 2.24) is 5.32 Å². The maximum Gasteiger partial charge on any atom is 0.326 e. The molecule has 0 aromatic rings. The SMILES string of the molecule is CCSCCC(NC(=O)C1CCCO1)C(=O)O. The first-order valence-electron chi connectivity index (χ1n) is 5.87. The Hall–Kier alpha value is -0.750. The minimum absolute atomic E-state index is 0.295. The Morgan fingerprint density at radius 3 is 2.88 bits per heavy atom. The van der Waals surface area contributed by atoms with Crippen LogP contribution in [0.15, 0.2) is 0 Å². The lowest BCUT2D eigenvalue weighted by Gasteiger charge is -2.16. The maximum absolute atomic E-state index is 11.7. The lowest BCUT2D eigenvalue weighted by molar-refractivity contribution is -0.143. The summed E-state index contributed by atoms with van der Waals surface area (Å²) in [4.78, 5) is 22.7. The molecular weight excluding hydrogens is 242 g/mol. The monoisotopic (exact) mass is 261 g/mol. The Kier molecular flexibility index (Phi) is 6.36. The van der Waals surface area contributed by atoms with Gasteiger partial charge in [0, 0.05) is 6.61 Å². The Morgan fingerprint density at radius 1 is 1.59 bits per heavy atom. The normalized spacial score (nSPS) is 21.1. The quantitative estimate of drug-likeness (QED) is 0.665. The van der Waals surface area contributed by atoms with Crippen molar-refractivity contribution < 1.29 is 19.4 Å². The minimum Gasteiger partial charge on any atom is -0.480 e. The van der Waals surface area contributed by atoms with Crippen molar-refractivity contribution in [2.75, 3.05) is 18.1 Å². The van der Waals surface area contributed by atoms with E-state index >= 15 is 0 Å². The fourth-order valence-corrected chi connectivity index (χ4v) is 2.34. The van der Waals surface area contributed by atoms with Gasteiger partial charge in [-0.1, -0.05) is 6.92 Å². The van der Waals surface area contributed by atoms with Gasteiger partial charge in [-0.05, 0) is 30.8 Å². The molecular formula is C11H19NO4S. The molecule has 0 spiro atoms. The number of nitrogens with one attached hydrogen (secondary N) is 1. The summed E-state index contributed by atoms with van der Waals surface area (Å²) in [6.45, 7) is 2.60. The maximum atomic E-state index is 11.7. The minimum atomic E-state index is -0.979. The molecule has 0 aromatic carbocycles. The third-order valence-electron chi connectivity index (χ3n) is 2.59. The van der Waals surface area contributed by atoms with Crippen molar-refractivity contribution in [3.8, 4) is 0 Å². The van der Waals surface area contributed by atoms with E-state index in [-0.39, 0.29) is 5.91 Å². The summed E-state index contributed by atoms with van der Waals surface area (Å²) in [7, 11) is 0. The summed E-state index contributed by atoms with van der Waals surface area (Å²) in [6.07, 6.45) is 1.53. The summed E-state index contributed by atoms with van der Waals surface area (Å²) in [5.41, 5.74) is 0. The number of hydrogen-bond donors (Lipinski definition) is 2. The van der Waals surface area contributed by atoms with Gasteiger partial charge in [-0.25, -0.2) is 4.79 Å². The molecule has 2 atom stereocenters. The van der Waals surface area contributed by atoms with Crippen LogP contribution in [0.3, 0.4) is 0 Å². The molecule has 1 saturated heterocycles. The third-order valence-corrected chi connectivity index (χ3v) is 3.52. The summed E-state index contributed by atoms with van der Waals surface area (Å²) >= 11 is 1.67. The highest BCUT2D eigenvalue weighted by atomic mass is 32.2. The molecule has 0 aromatic heterocycles. The van der Waals surface area contributed by atoms with Crippen LogP contribution >= 0.6 is 11.8 Å². The van der Waals surface area contributed by atoms with Gasteiger partial charge < -0.3 is 15.2 Å². The summed E-state index contributed by atoms with van der Waals surface area (Å²) in [5, 5.41) is 11.5. The lowest BCUT2D eigenvalue weighted by Crippen LogP contribution is -2.45. The van der Waals surface area contributed by atoms with E-state index in [0.717, 1.165) is 17.9 Å². The first-order valence-corrected chi connectivity index (χ1v) is 7.03. The van der Waals surface area contributed by atoms with Gasteiger partial charge in [-0.3, -0.25) is 4.79 Å². The van der Waals surface area contributed by atoms with Crippen LogP contribution < -0.4 is 5.32 Å². The molecule has 0 bridgehead atoms. The first-order chi connectivity index (χ1) is 8.15. The fraction of sp³-hybridized carbons (Fsp3) is 0.818. The van der Waals surface area contributed by atoms with Crippen LogP contribution in [-0.2, 0) is 14.3 Å². The number of aliphatic carboxylic acids is 1. The topological polar surface area (TPSA) is 75.6 Å². The number of hydrogen-bond acceptors (Lipinski definition) is 4. The largest absolute Gasteiger partial charge is 0.480 e. The second-order valence-corrected chi connectivity index (χ2v) is 5.28. The van der Waals surface area contributed by atoms with Gasteiger partial charge in [-0.2, -0.15) is 11.8 Å². The Balaban J connectivity index is 2.36. The van der Waals surface area contributed by atoms with Gasteiger partial charge in [0.2, 0.25) is 5.91 Å². The average molecular weight is 261 g/mol. The van der Waals surface area contributed by atoms with Crippen molar-refractivity contribution >= 4 is 23.6 Å². The Morgan fingerprint density at radius 2 is 2.35 bits per heavy atom. The number of rotatable bonds is 7. The smallest absolute Gasteiger partial charge is 0.326 e. The van der Waals surface area contributed by atoms with Gasteiger partial charge >= 0.3 is 5.97 Å². The highest BCUT2D eigenvalue weighted by Crippen LogP contribution is 2.12. The molecule has 6 heteroatoms. The van der Waals surface area contributed by atoms with Crippen LogP contribution in [0.25, 0.3) is 0 Å². The molecule has 5 nitrogen and oxygen atoms in total. The predicted octanol–water partition coefficient (Wildman–Crippen LogP) is 0.878. The Bertz CT molecular complexity index is 266. The average Bonchev–Trinajstić information content (AvgIpc) is 2.81. The zero-order chi connectivity index (χ0) is 12.7. The van der Waals surface area contributed by atoms with Crippen molar-refractivity contribution in [2.45, 2.75) is 38.3 Å². The fourth-order valence-electron chi connectivity index (χ4n) is 1.65. The number of ether oxygens (including phenoxy) is 1. The highest BCUT2D eigenvalue weighted by Gasteiger charge is 2.27. The van der Waals surface area contributed by atoms with Crippen molar-refractivity contribution in [2.24, 2.45) is 0 Å². The number of carboxylic acid groups (broad SMARTS) is 1. The number of amides is 1. The van der Waals surface area contributed by atoms with Gasteiger partial charge in [0.15, 0.2) is 0 Å². The molecule has 1 amide bonds. The zero-order valence-corrected chi connectivity index (χ0v) is 10.8. The summed E-state index contributed by atoms with van der Waals surface area (Å²) in [6, 6.07) is -0.800. The molecule has 0 radical (unpaired) electrons. The van der Waals surface area contributed by atoms with Crippen LogP contribution in [0, 0.1) is 0 Å². The highest BCUT2D eigenvalue weighted by molar-refractivity contribution is 7.99.